The van der Waals surface area contributed by atoms with Crippen LogP contribution in [0.2, 0.25) is 0 Å². The molecule has 0 radical (unpaired) electrons. The summed E-state index contributed by atoms with van der Waals surface area (Å²) in [7, 11) is 0. The van der Waals surface area contributed by atoms with Crippen LogP contribution in [0, 0.1) is 11.3 Å². The number of benzene rings is 1. The van der Waals surface area contributed by atoms with E-state index in [1.54, 1.807) is 0 Å². The molecule has 0 saturated carbocycles. The fraction of sp³-hybridized carbons (Fsp3) is 0.273. The maximum Gasteiger partial charge on any atom is 0.490 e. The van der Waals surface area contributed by atoms with Crippen molar-refractivity contribution in [2.75, 3.05) is 0 Å². The van der Waals surface area contributed by atoms with Gasteiger partial charge < -0.3 is 10.8 Å². The first kappa shape index (κ1) is 15.9. The summed E-state index contributed by atoms with van der Waals surface area (Å²) in [4.78, 5) is 8.90. The van der Waals surface area contributed by atoms with Crippen LogP contribution < -0.4 is 5.73 Å². The van der Waals surface area contributed by atoms with Crippen molar-refractivity contribution in [3.8, 4) is 6.07 Å². The maximum absolute atomic E-state index is 10.6. The van der Waals surface area contributed by atoms with E-state index in [4.69, 9.17) is 20.9 Å². The lowest BCUT2D eigenvalue weighted by atomic mass is 10.1. The molecule has 0 fully saturated rings. The molecule has 3 N–H and O–H groups in total. The minimum atomic E-state index is -5.08. The van der Waals surface area contributed by atoms with Gasteiger partial charge in [-0.2, -0.15) is 18.4 Å². The molecule has 7 heteroatoms. The van der Waals surface area contributed by atoms with Crippen molar-refractivity contribution in [2.24, 2.45) is 5.73 Å². The molecule has 98 valence electrons. The van der Waals surface area contributed by atoms with Crippen LogP contribution in [0.5, 0.6) is 0 Å². The highest BCUT2D eigenvalue weighted by Crippen LogP contribution is 2.13. The highest BCUT2D eigenvalue weighted by molar-refractivity contribution is 5.73. The Morgan fingerprint density at radius 3 is 2.17 bits per heavy atom. The molecule has 0 aromatic heterocycles. The first-order valence-corrected chi connectivity index (χ1v) is 4.76. The van der Waals surface area contributed by atoms with Crippen molar-refractivity contribution < 1.29 is 23.1 Å². The number of rotatable bonds is 2. The minimum absolute atomic E-state index is 0.138. The number of alkyl halides is 3. The fourth-order valence-corrected chi connectivity index (χ4v) is 0.916. The van der Waals surface area contributed by atoms with Gasteiger partial charge in [-0.05, 0) is 5.56 Å². The van der Waals surface area contributed by atoms with Crippen LogP contribution in [0.3, 0.4) is 0 Å². The second-order valence-electron chi connectivity index (χ2n) is 3.18. The zero-order valence-corrected chi connectivity index (χ0v) is 9.19. The predicted octanol–water partition coefficient (Wildman–Crippen LogP) is 2.23. The van der Waals surface area contributed by atoms with Crippen molar-refractivity contribution in [1.82, 2.24) is 0 Å². The van der Waals surface area contributed by atoms with E-state index in [-0.39, 0.29) is 6.04 Å². The van der Waals surface area contributed by atoms with Gasteiger partial charge in [0.2, 0.25) is 0 Å². The second kappa shape index (κ2) is 7.29. The van der Waals surface area contributed by atoms with Gasteiger partial charge in [-0.25, -0.2) is 4.79 Å². The van der Waals surface area contributed by atoms with Crippen LogP contribution >= 0.6 is 0 Å². The summed E-state index contributed by atoms with van der Waals surface area (Å²) in [6, 6.07) is 11.5. The number of hydrogen-bond donors (Lipinski definition) is 2. The topological polar surface area (TPSA) is 87.1 Å². The van der Waals surface area contributed by atoms with Gasteiger partial charge in [0.05, 0.1) is 12.5 Å². The number of hydrogen-bond acceptors (Lipinski definition) is 3. The molecule has 1 atom stereocenters. The van der Waals surface area contributed by atoms with Gasteiger partial charge in [0.25, 0.3) is 0 Å². The van der Waals surface area contributed by atoms with Crippen molar-refractivity contribution in [3.05, 3.63) is 35.9 Å². The molecule has 1 rings (SSSR count). The summed E-state index contributed by atoms with van der Waals surface area (Å²) >= 11 is 0. The fourth-order valence-electron chi connectivity index (χ4n) is 0.916. The Balaban J connectivity index is 0.000000360. The largest absolute Gasteiger partial charge is 0.490 e. The maximum atomic E-state index is 10.6. The van der Waals surface area contributed by atoms with Crippen LogP contribution in [0.15, 0.2) is 30.3 Å². The molecule has 0 aliphatic carbocycles. The van der Waals surface area contributed by atoms with Crippen molar-refractivity contribution in [2.45, 2.75) is 18.6 Å². The van der Waals surface area contributed by atoms with Crippen LogP contribution in [-0.4, -0.2) is 17.3 Å². The lowest BCUT2D eigenvalue weighted by Crippen LogP contribution is -2.21. The van der Waals surface area contributed by atoms with Gasteiger partial charge in [-0.3, -0.25) is 0 Å². The molecule has 0 aliphatic rings. The van der Waals surface area contributed by atoms with E-state index >= 15 is 0 Å². The molecular weight excluding hydrogens is 249 g/mol. The minimum Gasteiger partial charge on any atom is -0.475 e. The van der Waals surface area contributed by atoms with Crippen LogP contribution in [-0.2, 0) is 4.79 Å². The molecule has 18 heavy (non-hydrogen) atoms. The van der Waals surface area contributed by atoms with Crippen molar-refractivity contribution in [1.29, 1.82) is 5.26 Å². The Morgan fingerprint density at radius 2 is 1.83 bits per heavy atom. The number of aliphatic carboxylic acids is 1. The Bertz CT molecular complexity index is 413. The van der Waals surface area contributed by atoms with Crippen LogP contribution in [0.25, 0.3) is 0 Å². The molecule has 1 aromatic rings. The lowest BCUT2D eigenvalue weighted by Gasteiger charge is -2.05. The Kier molecular flexibility index (Phi) is 6.45. The van der Waals surface area contributed by atoms with E-state index in [2.05, 4.69) is 0 Å². The predicted molar refractivity (Wildman–Crippen MR) is 57.3 cm³/mol. The van der Waals surface area contributed by atoms with Gasteiger partial charge in [-0.1, -0.05) is 30.3 Å². The van der Waals surface area contributed by atoms with E-state index in [1.165, 1.54) is 0 Å². The summed E-state index contributed by atoms with van der Waals surface area (Å²) in [5.74, 6) is -2.76. The molecule has 0 aliphatic heterocycles. The lowest BCUT2D eigenvalue weighted by molar-refractivity contribution is -0.192. The zero-order valence-electron chi connectivity index (χ0n) is 9.19. The Hall–Kier alpha value is -2.07. The number of carboxylic acids is 1. The summed E-state index contributed by atoms with van der Waals surface area (Å²) < 4.78 is 31.7. The van der Waals surface area contributed by atoms with Crippen molar-refractivity contribution in [3.63, 3.8) is 0 Å². The molecule has 0 heterocycles. The molecular formula is C11H11F3N2O2. The van der Waals surface area contributed by atoms with Gasteiger partial charge in [-0.15, -0.1) is 0 Å². The molecule has 4 nitrogen and oxygen atoms in total. The molecule has 1 aromatic carbocycles. The number of carbonyl (C=O) groups is 1. The summed E-state index contributed by atoms with van der Waals surface area (Å²) in [6.07, 6.45) is -4.70. The Labute approximate surface area is 101 Å². The van der Waals surface area contributed by atoms with Gasteiger partial charge in [0.15, 0.2) is 0 Å². The van der Waals surface area contributed by atoms with Gasteiger partial charge >= 0.3 is 12.1 Å². The van der Waals surface area contributed by atoms with Crippen LogP contribution in [0.1, 0.15) is 18.0 Å². The second-order valence-corrected chi connectivity index (χ2v) is 3.18. The van der Waals surface area contributed by atoms with Crippen molar-refractivity contribution >= 4 is 5.97 Å². The van der Waals surface area contributed by atoms with E-state index in [9.17, 15) is 13.2 Å². The van der Waals surface area contributed by atoms with Crippen LogP contribution in [0.4, 0.5) is 13.2 Å². The number of halogens is 3. The highest BCUT2D eigenvalue weighted by atomic mass is 19.4. The zero-order chi connectivity index (χ0) is 14.2. The average Bonchev–Trinajstić information content (AvgIpc) is 2.30. The smallest absolute Gasteiger partial charge is 0.475 e. The molecule has 0 amide bonds. The summed E-state index contributed by atoms with van der Waals surface area (Å²) in [6.45, 7) is 0. The molecule has 0 unspecified atom stereocenters. The number of nitrogens with zero attached hydrogens (tertiary/aromatic N) is 1. The average molecular weight is 260 g/mol. The molecule has 0 spiro atoms. The first-order valence-electron chi connectivity index (χ1n) is 4.76. The quantitative estimate of drug-likeness (QED) is 0.853. The monoisotopic (exact) mass is 260 g/mol. The van der Waals surface area contributed by atoms with E-state index < -0.39 is 12.1 Å². The first-order chi connectivity index (χ1) is 8.29. The van der Waals surface area contributed by atoms with E-state index in [0.29, 0.717) is 6.42 Å². The third-order valence-corrected chi connectivity index (χ3v) is 1.78. The number of nitrogens with two attached hydrogens (primary N) is 1. The molecule has 0 saturated heterocycles. The highest BCUT2D eigenvalue weighted by Gasteiger charge is 2.38. The summed E-state index contributed by atoms with van der Waals surface area (Å²) in [5, 5.41) is 15.5. The van der Waals surface area contributed by atoms with E-state index in [0.717, 1.165) is 5.56 Å². The standard InChI is InChI=1S/C9H10N2.C2HF3O2/c10-7-6-9(11)8-4-2-1-3-5-8;3-2(4,5)1(6)7/h1-5,9H,6,11H2;(H,6,7)/t9-;/m1./s1. The van der Waals surface area contributed by atoms with Gasteiger partial charge in [0, 0.05) is 6.04 Å². The third kappa shape index (κ3) is 6.50. The number of nitriles is 1. The third-order valence-electron chi connectivity index (χ3n) is 1.78. The van der Waals surface area contributed by atoms with E-state index in [1.807, 2.05) is 36.4 Å². The Morgan fingerprint density at radius 1 is 1.39 bits per heavy atom. The molecule has 0 bridgehead atoms. The SMILES string of the molecule is N#CC[C@@H](N)c1ccccc1.O=C(O)C(F)(F)F. The summed E-state index contributed by atoms with van der Waals surface area (Å²) in [5.41, 5.74) is 6.71. The van der Waals surface area contributed by atoms with Gasteiger partial charge in [0.1, 0.15) is 0 Å². The normalized spacial score (nSPS) is 11.7. The number of carboxylic acid groups (broad SMARTS) is 1.